The first-order valence-corrected chi connectivity index (χ1v) is 9.31. The molecule has 0 unspecified atom stereocenters. The van der Waals surface area contributed by atoms with E-state index in [4.69, 9.17) is 0 Å². The SMILES string of the molecule is CC(=O)Nc1nc(C(=O)N2CCN(c3cc(C4CC4)[nH]n3)CC2)cs1. The van der Waals surface area contributed by atoms with Gasteiger partial charge >= 0.3 is 0 Å². The van der Waals surface area contributed by atoms with E-state index in [1.807, 2.05) is 0 Å². The number of rotatable bonds is 4. The third-order valence-corrected chi connectivity index (χ3v) is 5.26. The fourth-order valence-corrected chi connectivity index (χ4v) is 3.70. The second-order valence-electron chi connectivity index (χ2n) is 6.45. The molecule has 3 heterocycles. The first-order chi connectivity index (χ1) is 12.1. The minimum Gasteiger partial charge on any atom is -0.352 e. The van der Waals surface area contributed by atoms with Gasteiger partial charge in [0.05, 0.1) is 0 Å². The van der Waals surface area contributed by atoms with Crippen LogP contribution in [0.5, 0.6) is 0 Å². The topological polar surface area (TPSA) is 94.2 Å². The van der Waals surface area contributed by atoms with Crippen molar-refractivity contribution in [2.24, 2.45) is 0 Å². The number of piperazine rings is 1. The molecule has 1 aliphatic heterocycles. The van der Waals surface area contributed by atoms with Crippen molar-refractivity contribution >= 4 is 34.1 Å². The molecule has 9 heteroatoms. The lowest BCUT2D eigenvalue weighted by molar-refractivity contribution is -0.114. The predicted molar refractivity (Wildman–Crippen MR) is 95.1 cm³/mol. The Kier molecular flexibility index (Phi) is 4.16. The molecular weight excluding hydrogens is 340 g/mol. The summed E-state index contributed by atoms with van der Waals surface area (Å²) >= 11 is 1.26. The van der Waals surface area contributed by atoms with Crippen molar-refractivity contribution in [1.29, 1.82) is 0 Å². The average Bonchev–Trinajstić information content (AvgIpc) is 3.16. The van der Waals surface area contributed by atoms with Crippen LogP contribution in [-0.2, 0) is 4.79 Å². The van der Waals surface area contributed by atoms with E-state index in [2.05, 4.69) is 31.5 Å². The highest BCUT2D eigenvalue weighted by Gasteiger charge is 2.28. The van der Waals surface area contributed by atoms with Gasteiger partial charge in [0.2, 0.25) is 5.91 Å². The maximum absolute atomic E-state index is 12.6. The number of hydrogen-bond donors (Lipinski definition) is 2. The highest BCUT2D eigenvalue weighted by atomic mass is 32.1. The van der Waals surface area contributed by atoms with Crippen LogP contribution in [0.1, 0.15) is 41.9 Å². The summed E-state index contributed by atoms with van der Waals surface area (Å²) in [6.07, 6.45) is 2.50. The van der Waals surface area contributed by atoms with Crippen molar-refractivity contribution < 1.29 is 9.59 Å². The Hall–Kier alpha value is -2.42. The van der Waals surface area contributed by atoms with E-state index < -0.39 is 0 Å². The molecule has 2 aromatic heterocycles. The second kappa shape index (κ2) is 6.47. The van der Waals surface area contributed by atoms with Crippen LogP contribution in [0.3, 0.4) is 0 Å². The van der Waals surface area contributed by atoms with Crippen molar-refractivity contribution in [3.8, 4) is 0 Å². The molecule has 1 saturated heterocycles. The average molecular weight is 360 g/mol. The quantitative estimate of drug-likeness (QED) is 0.865. The Balaban J connectivity index is 1.35. The zero-order chi connectivity index (χ0) is 17.4. The van der Waals surface area contributed by atoms with E-state index in [1.54, 1.807) is 10.3 Å². The van der Waals surface area contributed by atoms with Crippen LogP contribution >= 0.6 is 11.3 Å². The Labute approximate surface area is 149 Å². The number of H-pyrrole nitrogens is 1. The third kappa shape index (κ3) is 3.51. The van der Waals surface area contributed by atoms with E-state index >= 15 is 0 Å². The molecule has 2 amide bonds. The van der Waals surface area contributed by atoms with Crippen molar-refractivity contribution in [1.82, 2.24) is 20.1 Å². The Morgan fingerprint density at radius 2 is 2.04 bits per heavy atom. The van der Waals surface area contributed by atoms with E-state index in [9.17, 15) is 9.59 Å². The highest BCUT2D eigenvalue weighted by Crippen LogP contribution is 2.39. The number of aromatic nitrogens is 3. The van der Waals surface area contributed by atoms with Gasteiger partial charge in [0.25, 0.3) is 5.91 Å². The monoisotopic (exact) mass is 360 g/mol. The molecule has 4 rings (SSSR count). The third-order valence-electron chi connectivity index (χ3n) is 4.50. The van der Waals surface area contributed by atoms with Gasteiger partial charge in [0.1, 0.15) is 5.69 Å². The van der Waals surface area contributed by atoms with Crippen LogP contribution < -0.4 is 10.2 Å². The molecule has 0 spiro atoms. The summed E-state index contributed by atoms with van der Waals surface area (Å²) in [4.78, 5) is 31.8. The maximum Gasteiger partial charge on any atom is 0.273 e. The number of aromatic amines is 1. The van der Waals surface area contributed by atoms with Crippen LogP contribution in [0, 0.1) is 0 Å². The largest absolute Gasteiger partial charge is 0.352 e. The van der Waals surface area contributed by atoms with Crippen LogP contribution in [0.4, 0.5) is 10.9 Å². The molecule has 2 aromatic rings. The Morgan fingerprint density at radius 3 is 2.72 bits per heavy atom. The summed E-state index contributed by atoms with van der Waals surface area (Å²) in [7, 11) is 0. The van der Waals surface area contributed by atoms with Gasteiger partial charge in [-0.05, 0) is 12.8 Å². The molecule has 0 atom stereocenters. The highest BCUT2D eigenvalue weighted by molar-refractivity contribution is 7.14. The normalized spacial score (nSPS) is 17.6. The molecule has 132 valence electrons. The lowest BCUT2D eigenvalue weighted by atomic mass is 10.2. The molecule has 2 aliphatic rings. The van der Waals surface area contributed by atoms with Crippen molar-refractivity contribution in [2.75, 3.05) is 36.4 Å². The van der Waals surface area contributed by atoms with Crippen LogP contribution in [0.25, 0.3) is 0 Å². The number of thiazole rings is 1. The maximum atomic E-state index is 12.6. The van der Waals surface area contributed by atoms with Crippen LogP contribution in [-0.4, -0.2) is 58.1 Å². The van der Waals surface area contributed by atoms with E-state index in [0.717, 1.165) is 18.9 Å². The number of nitrogens with one attached hydrogen (secondary N) is 2. The fourth-order valence-electron chi connectivity index (χ4n) is 2.97. The van der Waals surface area contributed by atoms with Gasteiger partial charge in [-0.3, -0.25) is 14.7 Å². The van der Waals surface area contributed by atoms with Crippen molar-refractivity contribution in [2.45, 2.75) is 25.7 Å². The van der Waals surface area contributed by atoms with Gasteiger partial charge in [-0.2, -0.15) is 5.10 Å². The van der Waals surface area contributed by atoms with Gasteiger partial charge in [-0.15, -0.1) is 11.3 Å². The van der Waals surface area contributed by atoms with E-state index in [-0.39, 0.29) is 11.8 Å². The summed E-state index contributed by atoms with van der Waals surface area (Å²) in [6, 6.07) is 2.13. The molecule has 1 aliphatic carbocycles. The van der Waals surface area contributed by atoms with Crippen molar-refractivity contribution in [3.05, 3.63) is 22.8 Å². The van der Waals surface area contributed by atoms with Crippen LogP contribution in [0.2, 0.25) is 0 Å². The lowest BCUT2D eigenvalue weighted by Crippen LogP contribution is -2.49. The number of amides is 2. The number of carbonyl (C=O) groups excluding carboxylic acids is 2. The Bertz CT molecular complexity index is 788. The molecule has 2 fully saturated rings. The molecule has 8 nitrogen and oxygen atoms in total. The van der Waals surface area contributed by atoms with Gasteiger partial charge < -0.3 is 15.1 Å². The van der Waals surface area contributed by atoms with Gasteiger partial charge in [0.15, 0.2) is 10.9 Å². The van der Waals surface area contributed by atoms with E-state index in [1.165, 1.54) is 36.8 Å². The number of carbonyl (C=O) groups is 2. The molecule has 1 saturated carbocycles. The summed E-state index contributed by atoms with van der Waals surface area (Å²) in [5.74, 6) is 1.35. The molecule has 2 N–H and O–H groups in total. The molecule has 25 heavy (non-hydrogen) atoms. The van der Waals surface area contributed by atoms with Gasteiger partial charge in [0, 0.05) is 56.2 Å². The standard InChI is InChI=1S/C16H20N6O2S/c1-10(23)17-16-18-13(9-25-16)15(24)22-6-4-21(5-7-22)14-8-12(19-20-14)11-2-3-11/h8-9,11H,2-7H2,1H3,(H,19,20)(H,17,18,23). The number of nitrogens with zero attached hydrogens (tertiary/aromatic N) is 4. The summed E-state index contributed by atoms with van der Waals surface area (Å²) in [6.45, 7) is 4.20. The molecule has 0 radical (unpaired) electrons. The second-order valence-corrected chi connectivity index (χ2v) is 7.31. The number of anilines is 2. The number of hydrogen-bond acceptors (Lipinski definition) is 6. The minimum atomic E-state index is -0.188. The van der Waals surface area contributed by atoms with E-state index in [0.29, 0.717) is 29.8 Å². The summed E-state index contributed by atoms with van der Waals surface area (Å²) < 4.78 is 0. The molecule has 0 aromatic carbocycles. The Morgan fingerprint density at radius 1 is 1.28 bits per heavy atom. The zero-order valence-corrected chi connectivity index (χ0v) is 14.8. The fraction of sp³-hybridized carbons (Fsp3) is 0.500. The van der Waals surface area contributed by atoms with Crippen molar-refractivity contribution in [3.63, 3.8) is 0 Å². The van der Waals surface area contributed by atoms with Crippen LogP contribution in [0.15, 0.2) is 11.4 Å². The molecule has 0 bridgehead atoms. The van der Waals surface area contributed by atoms with Gasteiger partial charge in [-0.1, -0.05) is 0 Å². The molecular formula is C16H20N6O2S. The minimum absolute atomic E-state index is 0.0896. The first-order valence-electron chi connectivity index (χ1n) is 8.43. The van der Waals surface area contributed by atoms with Gasteiger partial charge in [-0.25, -0.2) is 4.98 Å². The smallest absolute Gasteiger partial charge is 0.273 e. The summed E-state index contributed by atoms with van der Waals surface area (Å²) in [5.41, 5.74) is 1.61. The zero-order valence-electron chi connectivity index (χ0n) is 14.0. The first kappa shape index (κ1) is 16.1. The lowest BCUT2D eigenvalue weighted by Gasteiger charge is -2.34. The predicted octanol–water partition coefficient (Wildman–Crippen LogP) is 1.66. The summed E-state index contributed by atoms with van der Waals surface area (Å²) in [5, 5.41) is 12.3.